The number of hydrogen-bond donors (Lipinski definition) is 2. The first-order chi connectivity index (χ1) is 9.25. The van der Waals surface area contributed by atoms with E-state index in [0.29, 0.717) is 18.8 Å². The van der Waals surface area contributed by atoms with Crippen LogP contribution in [-0.4, -0.2) is 27.4 Å². The molecule has 1 aromatic carbocycles. The maximum absolute atomic E-state index is 11.8. The summed E-state index contributed by atoms with van der Waals surface area (Å²) in [5, 5.41) is 12.7. The molecule has 100 valence electrons. The Balaban J connectivity index is 1.73. The van der Waals surface area contributed by atoms with Crippen molar-refractivity contribution < 1.29 is 9.53 Å². The molecule has 0 aliphatic heterocycles. The molecule has 1 atom stereocenters. The molecule has 0 bridgehead atoms. The Bertz CT molecular complexity index is 499. The fraction of sp³-hybridized carbons (Fsp3) is 0.308. The zero-order valence-corrected chi connectivity index (χ0v) is 10.7. The summed E-state index contributed by atoms with van der Waals surface area (Å²) in [4.78, 5) is 11.8. The molecule has 6 heteroatoms. The number of carbonyl (C=O) groups excluding carboxylic acids is 1. The molecule has 0 aliphatic carbocycles. The van der Waals surface area contributed by atoms with Gasteiger partial charge in [-0.1, -0.05) is 30.3 Å². The average Bonchev–Trinajstić information content (AvgIpc) is 2.96. The highest BCUT2D eigenvalue weighted by molar-refractivity contribution is 5.80. The normalized spacial score (nSPS) is 12.1. The Hall–Kier alpha value is -2.21. The van der Waals surface area contributed by atoms with Crippen LogP contribution in [0.1, 0.15) is 18.2 Å². The van der Waals surface area contributed by atoms with Crippen molar-refractivity contribution in [3.63, 3.8) is 0 Å². The summed E-state index contributed by atoms with van der Waals surface area (Å²) >= 11 is 0. The van der Waals surface area contributed by atoms with Crippen molar-refractivity contribution in [2.75, 3.05) is 0 Å². The van der Waals surface area contributed by atoms with Gasteiger partial charge in [-0.3, -0.25) is 4.79 Å². The van der Waals surface area contributed by atoms with Crippen LogP contribution in [0.15, 0.2) is 36.5 Å². The third-order valence-electron chi connectivity index (χ3n) is 2.62. The van der Waals surface area contributed by atoms with E-state index < -0.39 is 6.10 Å². The van der Waals surface area contributed by atoms with Gasteiger partial charge in [0.05, 0.1) is 19.3 Å². The van der Waals surface area contributed by atoms with E-state index >= 15 is 0 Å². The van der Waals surface area contributed by atoms with Gasteiger partial charge in [-0.15, -0.1) is 0 Å². The quantitative estimate of drug-likeness (QED) is 0.813. The number of carbonyl (C=O) groups is 1. The predicted molar refractivity (Wildman–Crippen MR) is 68.9 cm³/mol. The van der Waals surface area contributed by atoms with Crippen LogP contribution >= 0.6 is 0 Å². The van der Waals surface area contributed by atoms with E-state index in [1.165, 1.54) is 0 Å². The van der Waals surface area contributed by atoms with Crippen molar-refractivity contribution in [3.8, 4) is 0 Å². The van der Waals surface area contributed by atoms with Gasteiger partial charge >= 0.3 is 0 Å². The van der Waals surface area contributed by atoms with Gasteiger partial charge in [-0.25, -0.2) is 0 Å². The minimum atomic E-state index is -0.507. The van der Waals surface area contributed by atoms with Crippen LogP contribution in [-0.2, 0) is 22.7 Å². The van der Waals surface area contributed by atoms with E-state index in [1.807, 2.05) is 30.3 Å². The number of aromatic nitrogens is 3. The monoisotopic (exact) mass is 260 g/mol. The van der Waals surface area contributed by atoms with Crippen LogP contribution in [0.5, 0.6) is 0 Å². The Labute approximate surface area is 111 Å². The third kappa shape index (κ3) is 4.18. The number of H-pyrrole nitrogens is 1. The van der Waals surface area contributed by atoms with Crippen LogP contribution in [0.2, 0.25) is 0 Å². The SMILES string of the molecule is CC(OCc1ccccc1)C(=O)NCc1cn[nH]n1. The molecule has 0 spiro atoms. The lowest BCUT2D eigenvalue weighted by molar-refractivity contribution is -0.132. The minimum Gasteiger partial charge on any atom is -0.364 e. The lowest BCUT2D eigenvalue weighted by atomic mass is 10.2. The Morgan fingerprint density at radius 1 is 1.42 bits per heavy atom. The second-order valence-electron chi connectivity index (χ2n) is 4.12. The van der Waals surface area contributed by atoms with Crippen LogP contribution < -0.4 is 5.32 Å². The van der Waals surface area contributed by atoms with Gasteiger partial charge in [0.1, 0.15) is 11.8 Å². The summed E-state index contributed by atoms with van der Waals surface area (Å²) in [5.74, 6) is -0.168. The van der Waals surface area contributed by atoms with Gasteiger partial charge in [-0.2, -0.15) is 15.4 Å². The highest BCUT2D eigenvalue weighted by Crippen LogP contribution is 2.03. The molecule has 1 aromatic heterocycles. The lowest BCUT2D eigenvalue weighted by Gasteiger charge is -2.12. The number of nitrogens with zero attached hydrogens (tertiary/aromatic N) is 2. The average molecular weight is 260 g/mol. The van der Waals surface area contributed by atoms with Gasteiger partial charge in [0.2, 0.25) is 5.91 Å². The first-order valence-corrected chi connectivity index (χ1v) is 6.03. The van der Waals surface area contributed by atoms with Gasteiger partial charge in [0.15, 0.2) is 0 Å². The fourth-order valence-electron chi connectivity index (χ4n) is 1.50. The Kier molecular flexibility index (Phi) is 4.63. The van der Waals surface area contributed by atoms with Crippen molar-refractivity contribution in [2.24, 2.45) is 0 Å². The standard InChI is InChI=1S/C13H16N4O2/c1-10(19-9-11-5-3-2-4-6-11)13(18)14-7-12-8-15-17-16-12/h2-6,8,10H,7,9H2,1H3,(H,14,18)(H,15,16,17). The molecule has 0 saturated carbocycles. The number of hydrogen-bond acceptors (Lipinski definition) is 4. The summed E-state index contributed by atoms with van der Waals surface area (Å²) in [6.45, 7) is 2.48. The molecule has 2 N–H and O–H groups in total. The highest BCUT2D eigenvalue weighted by Gasteiger charge is 2.13. The molecular weight excluding hydrogens is 244 g/mol. The molecule has 6 nitrogen and oxygen atoms in total. The van der Waals surface area contributed by atoms with Gasteiger partial charge in [0, 0.05) is 0 Å². The largest absolute Gasteiger partial charge is 0.364 e. The smallest absolute Gasteiger partial charge is 0.249 e. The second-order valence-corrected chi connectivity index (χ2v) is 4.12. The molecule has 1 amide bonds. The predicted octanol–water partition coefficient (Wildman–Crippen LogP) is 1.03. The molecule has 2 aromatic rings. The summed E-state index contributed by atoms with van der Waals surface area (Å²) in [6.07, 6.45) is 1.06. The molecule has 0 fully saturated rings. The van der Waals surface area contributed by atoms with Crippen LogP contribution in [0, 0.1) is 0 Å². The lowest BCUT2D eigenvalue weighted by Crippen LogP contribution is -2.34. The summed E-state index contributed by atoms with van der Waals surface area (Å²) in [6, 6.07) is 9.74. The topological polar surface area (TPSA) is 79.9 Å². The van der Waals surface area contributed by atoms with Gasteiger partial charge < -0.3 is 10.1 Å². The third-order valence-corrected chi connectivity index (χ3v) is 2.62. The number of aromatic amines is 1. The van der Waals surface area contributed by atoms with Crippen molar-refractivity contribution in [1.82, 2.24) is 20.7 Å². The van der Waals surface area contributed by atoms with Gasteiger partial charge in [0.25, 0.3) is 0 Å². The number of ether oxygens (including phenoxy) is 1. The van der Waals surface area contributed by atoms with Crippen molar-refractivity contribution in [3.05, 3.63) is 47.8 Å². The Morgan fingerprint density at radius 3 is 2.89 bits per heavy atom. The molecule has 1 heterocycles. The van der Waals surface area contributed by atoms with Crippen LogP contribution in [0.25, 0.3) is 0 Å². The van der Waals surface area contributed by atoms with Crippen molar-refractivity contribution in [1.29, 1.82) is 0 Å². The zero-order chi connectivity index (χ0) is 13.5. The summed E-state index contributed by atoms with van der Waals surface area (Å²) in [7, 11) is 0. The number of nitrogens with one attached hydrogen (secondary N) is 2. The van der Waals surface area contributed by atoms with Gasteiger partial charge in [-0.05, 0) is 12.5 Å². The number of rotatable bonds is 6. The van der Waals surface area contributed by atoms with E-state index in [9.17, 15) is 4.79 Å². The minimum absolute atomic E-state index is 0.168. The van der Waals surface area contributed by atoms with Crippen LogP contribution in [0.4, 0.5) is 0 Å². The second kappa shape index (κ2) is 6.65. The van der Waals surface area contributed by atoms with Crippen molar-refractivity contribution >= 4 is 5.91 Å². The Morgan fingerprint density at radius 2 is 2.21 bits per heavy atom. The molecule has 0 radical (unpaired) electrons. The van der Waals surface area contributed by atoms with Crippen LogP contribution in [0.3, 0.4) is 0 Å². The fourth-order valence-corrected chi connectivity index (χ4v) is 1.50. The van der Waals surface area contributed by atoms with E-state index in [1.54, 1.807) is 13.1 Å². The molecular formula is C13H16N4O2. The van der Waals surface area contributed by atoms with E-state index in [4.69, 9.17) is 4.74 Å². The number of amides is 1. The van der Waals surface area contributed by atoms with Crippen molar-refractivity contribution in [2.45, 2.75) is 26.2 Å². The van der Waals surface area contributed by atoms with E-state index in [2.05, 4.69) is 20.7 Å². The zero-order valence-electron chi connectivity index (χ0n) is 10.7. The summed E-state index contributed by atoms with van der Waals surface area (Å²) in [5.41, 5.74) is 1.72. The molecule has 0 saturated heterocycles. The maximum atomic E-state index is 11.8. The molecule has 19 heavy (non-hydrogen) atoms. The van der Waals surface area contributed by atoms with E-state index in [0.717, 1.165) is 5.56 Å². The summed E-state index contributed by atoms with van der Waals surface area (Å²) < 4.78 is 5.50. The first kappa shape index (κ1) is 13.2. The molecule has 1 unspecified atom stereocenters. The maximum Gasteiger partial charge on any atom is 0.249 e. The first-order valence-electron chi connectivity index (χ1n) is 6.03. The highest BCUT2D eigenvalue weighted by atomic mass is 16.5. The molecule has 0 aliphatic rings. The number of benzene rings is 1. The van der Waals surface area contributed by atoms with E-state index in [-0.39, 0.29) is 5.91 Å². The molecule has 2 rings (SSSR count).